The third kappa shape index (κ3) is 3.58. The van der Waals surface area contributed by atoms with Gasteiger partial charge in [-0.3, -0.25) is 29.6 Å². The Bertz CT molecular complexity index is 1550. The summed E-state index contributed by atoms with van der Waals surface area (Å²) in [6.07, 6.45) is 3.38. The van der Waals surface area contributed by atoms with E-state index in [4.69, 9.17) is 4.74 Å². The van der Waals surface area contributed by atoms with Crippen molar-refractivity contribution >= 4 is 28.7 Å². The van der Waals surface area contributed by atoms with Crippen molar-refractivity contribution in [3.05, 3.63) is 95.9 Å². The quantitative estimate of drug-likeness (QED) is 0.326. The van der Waals surface area contributed by atoms with Crippen LogP contribution >= 0.6 is 0 Å². The van der Waals surface area contributed by atoms with Gasteiger partial charge in [-0.05, 0) is 29.8 Å². The zero-order valence-corrected chi connectivity index (χ0v) is 20.6. The van der Waals surface area contributed by atoms with Gasteiger partial charge in [0.2, 0.25) is 11.8 Å². The third-order valence-electron chi connectivity index (χ3n) is 7.79. The molecule has 0 aliphatic carbocycles. The summed E-state index contributed by atoms with van der Waals surface area (Å²) in [5.74, 6) is -3.66. The maximum atomic E-state index is 14.0. The number of carboxylic acid groups (broad SMARTS) is 1. The highest BCUT2D eigenvalue weighted by Gasteiger charge is 2.68. The molecule has 2 saturated heterocycles. The van der Waals surface area contributed by atoms with E-state index in [9.17, 15) is 19.5 Å². The van der Waals surface area contributed by atoms with Gasteiger partial charge < -0.3 is 14.8 Å². The van der Waals surface area contributed by atoms with Crippen LogP contribution in [0.25, 0.3) is 10.9 Å². The second-order valence-corrected chi connectivity index (χ2v) is 9.76. The maximum Gasteiger partial charge on any atom is 0.325 e. The van der Waals surface area contributed by atoms with Crippen molar-refractivity contribution in [1.82, 2.24) is 20.2 Å². The lowest BCUT2D eigenvalue weighted by Crippen LogP contribution is -2.57. The first-order valence-corrected chi connectivity index (χ1v) is 12.4. The minimum atomic E-state index is -1.73. The van der Waals surface area contributed by atoms with Crippen LogP contribution in [-0.2, 0) is 27.3 Å². The molecule has 0 saturated carbocycles. The number of nitrogens with one attached hydrogen (secondary N) is 2. The molecule has 2 fully saturated rings. The van der Waals surface area contributed by atoms with Gasteiger partial charge in [0.05, 0.1) is 31.2 Å². The van der Waals surface area contributed by atoms with Gasteiger partial charge in [0.15, 0.2) is 0 Å². The van der Waals surface area contributed by atoms with Crippen molar-refractivity contribution in [1.29, 1.82) is 0 Å². The molecule has 3 N–H and O–H groups in total. The molecule has 4 atom stereocenters. The molecule has 6 rings (SSSR count). The molecule has 9 heteroatoms. The zero-order valence-electron chi connectivity index (χ0n) is 20.6. The van der Waals surface area contributed by atoms with Crippen LogP contribution < -0.4 is 10.1 Å². The lowest BCUT2D eigenvalue weighted by atomic mass is 9.76. The van der Waals surface area contributed by atoms with E-state index in [1.165, 1.54) is 7.11 Å². The maximum absolute atomic E-state index is 14.0. The number of likely N-dealkylation sites (tertiary alicyclic amines) is 1. The highest BCUT2D eigenvalue weighted by molar-refractivity contribution is 6.09. The SMILES string of the molecule is COc1ccccc1C1NC(Cc2c[nH]c3ccccc23)(C(=O)O)C2C(=O)N(Cc3ccccn3)C(=O)C12. The molecule has 2 aliphatic rings. The van der Waals surface area contributed by atoms with Gasteiger partial charge in [-0.15, -0.1) is 0 Å². The van der Waals surface area contributed by atoms with Crippen molar-refractivity contribution in [2.24, 2.45) is 11.8 Å². The van der Waals surface area contributed by atoms with Gasteiger partial charge in [-0.25, -0.2) is 0 Å². The number of H-pyrrole nitrogens is 1. The Morgan fingerprint density at radius 3 is 2.58 bits per heavy atom. The summed E-state index contributed by atoms with van der Waals surface area (Å²) in [5.41, 5.74) is 1.07. The van der Waals surface area contributed by atoms with Crippen LogP contribution in [0.3, 0.4) is 0 Å². The fraction of sp³-hybridized carbons (Fsp3) is 0.241. The van der Waals surface area contributed by atoms with Crippen LogP contribution in [0.15, 0.2) is 79.1 Å². The number of carbonyl (C=O) groups excluding carboxylic acids is 2. The minimum absolute atomic E-state index is 0.00953. The van der Waals surface area contributed by atoms with Gasteiger partial charge >= 0.3 is 5.97 Å². The first-order chi connectivity index (χ1) is 18.4. The Morgan fingerprint density at radius 2 is 1.82 bits per heavy atom. The van der Waals surface area contributed by atoms with E-state index in [0.29, 0.717) is 17.0 Å². The van der Waals surface area contributed by atoms with E-state index in [1.54, 1.807) is 48.8 Å². The first kappa shape index (κ1) is 23.9. The second-order valence-electron chi connectivity index (χ2n) is 9.76. The largest absolute Gasteiger partial charge is 0.496 e. The highest BCUT2D eigenvalue weighted by atomic mass is 16.5. The molecule has 0 radical (unpaired) electrons. The summed E-state index contributed by atoms with van der Waals surface area (Å²) < 4.78 is 5.57. The molecule has 192 valence electrons. The molecule has 38 heavy (non-hydrogen) atoms. The van der Waals surface area contributed by atoms with Crippen molar-refractivity contribution in [2.45, 2.75) is 24.5 Å². The van der Waals surface area contributed by atoms with Crippen LogP contribution in [-0.4, -0.2) is 50.4 Å². The number of carbonyl (C=O) groups is 3. The first-order valence-electron chi connectivity index (χ1n) is 12.4. The number of aliphatic carboxylic acids is 1. The molecular weight excluding hydrogens is 484 g/mol. The number of methoxy groups -OCH3 is 1. The Labute approximate surface area is 218 Å². The van der Waals surface area contributed by atoms with Gasteiger partial charge in [-0.1, -0.05) is 42.5 Å². The number of fused-ring (bicyclic) bond motifs is 2. The van der Waals surface area contributed by atoms with E-state index in [1.807, 2.05) is 30.3 Å². The highest BCUT2D eigenvalue weighted by Crippen LogP contribution is 2.51. The van der Waals surface area contributed by atoms with Crippen molar-refractivity contribution < 1.29 is 24.2 Å². The van der Waals surface area contributed by atoms with E-state index in [0.717, 1.165) is 21.4 Å². The number of nitrogens with zero attached hydrogens (tertiary/aromatic N) is 2. The van der Waals surface area contributed by atoms with Crippen molar-refractivity contribution in [3.8, 4) is 5.75 Å². The topological polar surface area (TPSA) is 125 Å². The number of hydrogen-bond acceptors (Lipinski definition) is 6. The number of benzene rings is 2. The monoisotopic (exact) mass is 510 g/mol. The average Bonchev–Trinajstić information content (AvgIpc) is 3.58. The zero-order chi connectivity index (χ0) is 26.4. The van der Waals surface area contributed by atoms with Crippen LogP contribution in [0.1, 0.15) is 22.9 Å². The summed E-state index contributed by atoms with van der Waals surface area (Å²) in [7, 11) is 1.52. The minimum Gasteiger partial charge on any atom is -0.496 e. The van der Waals surface area contributed by atoms with Crippen LogP contribution in [0.5, 0.6) is 5.75 Å². The molecule has 4 aromatic rings. The van der Waals surface area contributed by atoms with E-state index < -0.39 is 41.2 Å². The Hall–Kier alpha value is -4.50. The van der Waals surface area contributed by atoms with Gasteiger partial charge in [0.25, 0.3) is 0 Å². The van der Waals surface area contributed by atoms with Gasteiger partial charge in [-0.2, -0.15) is 0 Å². The average molecular weight is 511 g/mol. The number of ether oxygens (including phenoxy) is 1. The van der Waals surface area contributed by atoms with E-state index in [-0.39, 0.29) is 13.0 Å². The fourth-order valence-electron chi connectivity index (χ4n) is 6.08. The number of para-hydroxylation sites is 2. The Morgan fingerprint density at radius 1 is 1.05 bits per heavy atom. The predicted molar refractivity (Wildman–Crippen MR) is 138 cm³/mol. The standard InChI is InChI=1S/C29H26N4O5/c1-38-22-12-5-3-10-20(22)25-23-24(27(35)33(26(23)34)16-18-8-6-7-13-30-18)29(32-25,28(36)37)14-17-15-31-21-11-4-2-9-19(17)21/h2-13,15,23-25,31-32H,14,16H2,1H3,(H,36,37). The van der Waals surface area contributed by atoms with E-state index in [2.05, 4.69) is 15.3 Å². The molecule has 2 aromatic heterocycles. The number of aromatic nitrogens is 2. The molecule has 0 spiro atoms. The second kappa shape index (κ2) is 9.11. The summed E-state index contributed by atoms with van der Waals surface area (Å²) >= 11 is 0. The Kier molecular flexibility index (Phi) is 5.72. The van der Waals surface area contributed by atoms with Crippen LogP contribution in [0, 0.1) is 11.8 Å². The molecule has 0 bridgehead atoms. The van der Waals surface area contributed by atoms with Gasteiger partial charge in [0, 0.05) is 41.3 Å². The molecule has 4 heterocycles. The number of pyridine rings is 1. The number of hydrogen-bond donors (Lipinski definition) is 3. The lowest BCUT2D eigenvalue weighted by Gasteiger charge is -2.31. The molecule has 2 aromatic carbocycles. The molecule has 2 amide bonds. The van der Waals surface area contributed by atoms with Crippen LogP contribution in [0.4, 0.5) is 0 Å². The number of aromatic amines is 1. The third-order valence-corrected chi connectivity index (χ3v) is 7.79. The van der Waals surface area contributed by atoms with Crippen LogP contribution in [0.2, 0.25) is 0 Å². The summed E-state index contributed by atoms with van der Waals surface area (Å²) in [4.78, 5) is 49.7. The molecule has 9 nitrogen and oxygen atoms in total. The number of carboxylic acids is 1. The number of rotatable bonds is 7. The molecule has 2 aliphatic heterocycles. The number of amides is 2. The van der Waals surface area contributed by atoms with Crippen molar-refractivity contribution in [3.63, 3.8) is 0 Å². The smallest absolute Gasteiger partial charge is 0.325 e. The van der Waals surface area contributed by atoms with Crippen molar-refractivity contribution in [2.75, 3.05) is 7.11 Å². The molecular formula is C29H26N4O5. The normalized spacial score (nSPS) is 24.7. The summed E-state index contributed by atoms with van der Waals surface area (Å²) in [6.45, 7) is -0.0209. The van der Waals surface area contributed by atoms with Gasteiger partial charge in [0.1, 0.15) is 11.3 Å². The lowest BCUT2D eigenvalue weighted by molar-refractivity contribution is -0.151. The number of imide groups is 1. The Balaban J connectivity index is 1.49. The summed E-state index contributed by atoms with van der Waals surface area (Å²) in [6, 6.07) is 19.3. The predicted octanol–water partition coefficient (Wildman–Crippen LogP) is 3.08. The van der Waals surface area contributed by atoms with E-state index >= 15 is 0 Å². The summed E-state index contributed by atoms with van der Waals surface area (Å²) in [5, 5.41) is 14.9. The fourth-order valence-corrected chi connectivity index (χ4v) is 6.08. The molecule has 4 unspecified atom stereocenters.